The molecule has 9 nitrogen and oxygen atoms in total. The normalized spacial score (nSPS) is 15.1. The van der Waals surface area contributed by atoms with E-state index in [0.29, 0.717) is 0 Å². The van der Waals surface area contributed by atoms with Crippen LogP contribution in [0, 0.1) is 0 Å². The lowest BCUT2D eigenvalue weighted by Crippen LogP contribution is -2.19. The van der Waals surface area contributed by atoms with Crippen LogP contribution in [0.2, 0.25) is 0 Å². The molecule has 0 radical (unpaired) electrons. The van der Waals surface area contributed by atoms with Crippen LogP contribution in [0.5, 0.6) is 0 Å². The first-order chi connectivity index (χ1) is 6.14. The second-order valence-corrected chi connectivity index (χ2v) is 4.49. The van der Waals surface area contributed by atoms with Gasteiger partial charge in [-0.25, -0.2) is 9.13 Å². The molecular weight excluding hydrogens is 242 g/mol. The second-order valence-electron chi connectivity index (χ2n) is 2.06. The summed E-state index contributed by atoms with van der Waals surface area (Å²) in [6.07, 6.45) is -1.78. The van der Waals surface area contributed by atoms with Gasteiger partial charge in [0.2, 0.25) is 0 Å². The fraction of sp³-hybridized carbons (Fsp3) is 0.667. The van der Waals surface area contributed by atoms with Crippen LogP contribution in [0.15, 0.2) is 0 Å². The summed E-state index contributed by atoms with van der Waals surface area (Å²) in [6, 6.07) is 0. The van der Waals surface area contributed by atoms with Crippen molar-refractivity contribution >= 4 is 21.9 Å². The van der Waals surface area contributed by atoms with Gasteiger partial charge in [-0.2, -0.15) is 0 Å². The van der Waals surface area contributed by atoms with Gasteiger partial charge in [-0.3, -0.25) is 9.05 Å². The Morgan fingerprint density at radius 2 is 1.64 bits per heavy atom. The number of rotatable bonds is 6. The van der Waals surface area contributed by atoms with Gasteiger partial charge in [0, 0.05) is 0 Å². The molecular formula is C3H8O9P2. The highest BCUT2D eigenvalue weighted by molar-refractivity contribution is 7.46. The lowest BCUT2D eigenvalue weighted by molar-refractivity contribution is -0.115. The average molecular weight is 250 g/mol. The van der Waals surface area contributed by atoms with E-state index in [1.165, 1.54) is 0 Å². The third-order valence-electron chi connectivity index (χ3n) is 0.831. The monoisotopic (exact) mass is 250 g/mol. The van der Waals surface area contributed by atoms with E-state index in [-0.39, 0.29) is 6.29 Å². The smallest absolute Gasteiger partial charge is 0.303 e. The number of phosphoric acid groups is 2. The third kappa shape index (κ3) is 8.49. The summed E-state index contributed by atoms with van der Waals surface area (Å²) >= 11 is 0. The molecule has 0 saturated heterocycles. The summed E-state index contributed by atoms with van der Waals surface area (Å²) in [7, 11) is -9.67. The number of hydrogen-bond donors (Lipinski definition) is 4. The standard InChI is InChI=1S/C3H8O9P2/c4-1-3(12-14(8,9)10)2-11-13(5,6)7/h1,3H,2H2,(H2,5,6,7)(H2,8,9,10)/t3-/m1/s1. The Hall–Kier alpha value is -0.110. The molecule has 0 rings (SSSR count). The van der Waals surface area contributed by atoms with Gasteiger partial charge in [0.15, 0.2) is 6.29 Å². The van der Waals surface area contributed by atoms with Crippen molar-refractivity contribution in [1.29, 1.82) is 0 Å². The van der Waals surface area contributed by atoms with E-state index in [9.17, 15) is 13.9 Å². The Balaban J connectivity index is 4.12. The first-order valence-corrected chi connectivity index (χ1v) is 6.09. The number of hydrogen-bond acceptors (Lipinski definition) is 5. The SMILES string of the molecule is O=C[C@H](COP(=O)(O)O)OP(=O)(O)O. The quantitative estimate of drug-likeness (QED) is 0.335. The van der Waals surface area contributed by atoms with Gasteiger partial charge in [0.25, 0.3) is 0 Å². The Labute approximate surface area is 78.1 Å². The Morgan fingerprint density at radius 1 is 1.14 bits per heavy atom. The molecule has 0 aliphatic rings. The molecule has 84 valence electrons. The molecule has 0 saturated carbocycles. The summed E-state index contributed by atoms with van der Waals surface area (Å²) in [5, 5.41) is 0. The maximum absolute atomic E-state index is 10.2. The predicted molar refractivity (Wildman–Crippen MR) is 41.0 cm³/mol. The van der Waals surface area contributed by atoms with Crippen molar-refractivity contribution in [3.05, 3.63) is 0 Å². The lowest BCUT2D eigenvalue weighted by Gasteiger charge is -2.12. The minimum atomic E-state index is -4.88. The van der Waals surface area contributed by atoms with Crippen LogP contribution in [0.25, 0.3) is 0 Å². The van der Waals surface area contributed by atoms with Crippen LogP contribution in [0.3, 0.4) is 0 Å². The van der Waals surface area contributed by atoms with Gasteiger partial charge in [-0.15, -0.1) is 0 Å². The van der Waals surface area contributed by atoms with Crippen molar-refractivity contribution in [3.8, 4) is 0 Å². The van der Waals surface area contributed by atoms with Gasteiger partial charge >= 0.3 is 15.6 Å². The van der Waals surface area contributed by atoms with Crippen molar-refractivity contribution in [3.63, 3.8) is 0 Å². The summed E-state index contributed by atoms with van der Waals surface area (Å²) in [5.74, 6) is 0. The predicted octanol–water partition coefficient (Wildman–Crippen LogP) is -1.23. The Bertz CT molecular complexity index is 274. The molecule has 0 amide bonds. The van der Waals surface area contributed by atoms with Crippen LogP contribution in [0.4, 0.5) is 0 Å². The zero-order valence-corrected chi connectivity index (χ0v) is 8.38. The van der Waals surface area contributed by atoms with Crippen molar-refractivity contribution in [1.82, 2.24) is 0 Å². The molecule has 1 atom stereocenters. The number of carbonyl (C=O) groups excluding carboxylic acids is 1. The van der Waals surface area contributed by atoms with E-state index in [4.69, 9.17) is 19.6 Å². The molecule has 14 heavy (non-hydrogen) atoms. The third-order valence-corrected chi connectivity index (χ3v) is 1.86. The molecule has 0 heterocycles. The van der Waals surface area contributed by atoms with Crippen LogP contribution in [-0.4, -0.2) is 38.6 Å². The summed E-state index contributed by atoms with van der Waals surface area (Å²) in [5.41, 5.74) is 0. The highest BCUT2D eigenvalue weighted by Crippen LogP contribution is 2.39. The zero-order valence-electron chi connectivity index (χ0n) is 6.59. The van der Waals surface area contributed by atoms with Crippen LogP contribution >= 0.6 is 15.6 Å². The fourth-order valence-electron chi connectivity index (χ4n) is 0.441. The molecule has 0 aromatic rings. The molecule has 0 aliphatic heterocycles. The maximum Gasteiger partial charge on any atom is 0.470 e. The lowest BCUT2D eigenvalue weighted by atomic mass is 10.4. The van der Waals surface area contributed by atoms with Crippen LogP contribution in [0.1, 0.15) is 0 Å². The molecule has 4 N–H and O–H groups in total. The van der Waals surface area contributed by atoms with E-state index in [1.54, 1.807) is 0 Å². The fourth-order valence-corrected chi connectivity index (χ4v) is 1.25. The second kappa shape index (κ2) is 5.11. The Morgan fingerprint density at radius 3 is 1.93 bits per heavy atom. The summed E-state index contributed by atoms with van der Waals surface area (Å²) in [4.78, 5) is 42.9. The summed E-state index contributed by atoms with van der Waals surface area (Å²) in [6.45, 7) is -0.946. The molecule has 0 bridgehead atoms. The summed E-state index contributed by atoms with van der Waals surface area (Å²) < 4.78 is 27.9. The van der Waals surface area contributed by atoms with Crippen LogP contribution in [-0.2, 0) is 23.0 Å². The molecule has 0 unspecified atom stereocenters. The van der Waals surface area contributed by atoms with Gasteiger partial charge in [-0.05, 0) is 0 Å². The largest absolute Gasteiger partial charge is 0.470 e. The molecule has 0 aromatic heterocycles. The van der Waals surface area contributed by atoms with Crippen molar-refractivity contribution in [2.24, 2.45) is 0 Å². The highest BCUT2D eigenvalue weighted by atomic mass is 31.2. The van der Waals surface area contributed by atoms with Gasteiger partial charge in [0.05, 0.1) is 6.61 Å². The minimum Gasteiger partial charge on any atom is -0.303 e. The van der Waals surface area contributed by atoms with E-state index in [0.717, 1.165) is 0 Å². The highest BCUT2D eigenvalue weighted by Gasteiger charge is 2.25. The van der Waals surface area contributed by atoms with E-state index in [2.05, 4.69) is 9.05 Å². The van der Waals surface area contributed by atoms with Gasteiger partial charge < -0.3 is 24.4 Å². The maximum atomic E-state index is 10.2. The number of carbonyl (C=O) groups is 1. The van der Waals surface area contributed by atoms with E-state index >= 15 is 0 Å². The molecule has 0 fully saturated rings. The van der Waals surface area contributed by atoms with Crippen molar-refractivity contribution < 1.29 is 42.5 Å². The number of aldehydes is 1. The van der Waals surface area contributed by atoms with Crippen LogP contribution < -0.4 is 0 Å². The average Bonchev–Trinajstić information content (AvgIpc) is 1.94. The molecule has 0 aromatic carbocycles. The van der Waals surface area contributed by atoms with Crippen molar-refractivity contribution in [2.45, 2.75) is 6.10 Å². The Kier molecular flexibility index (Phi) is 5.07. The number of phosphoric ester groups is 2. The molecule has 0 aliphatic carbocycles. The van der Waals surface area contributed by atoms with Gasteiger partial charge in [-0.1, -0.05) is 0 Å². The molecule has 0 spiro atoms. The molecule has 11 heteroatoms. The van der Waals surface area contributed by atoms with E-state index in [1.807, 2.05) is 0 Å². The van der Waals surface area contributed by atoms with E-state index < -0.39 is 28.4 Å². The van der Waals surface area contributed by atoms with Crippen molar-refractivity contribution in [2.75, 3.05) is 6.61 Å². The first-order valence-electron chi connectivity index (χ1n) is 3.03. The minimum absolute atomic E-state index is 0.0469. The topological polar surface area (TPSA) is 151 Å². The zero-order chi connectivity index (χ0) is 11.4. The van der Waals surface area contributed by atoms with Gasteiger partial charge in [0.1, 0.15) is 6.10 Å². The first kappa shape index (κ1) is 13.9.